The molecule has 1 aliphatic heterocycles. The highest BCUT2D eigenvalue weighted by molar-refractivity contribution is 6.99. The minimum atomic E-state index is 0.181. The Kier molecular flexibility index (Phi) is 4.15. The highest BCUT2D eigenvalue weighted by Gasteiger charge is 2.42. The van der Waals surface area contributed by atoms with E-state index in [1.165, 1.54) is 43.8 Å². The van der Waals surface area contributed by atoms with Crippen molar-refractivity contribution in [2.24, 2.45) is 5.92 Å². The molecule has 3 rings (SSSR count). The average molecular weight is 281 g/mol. The van der Waals surface area contributed by atoms with Crippen LogP contribution in [0.3, 0.4) is 0 Å². The summed E-state index contributed by atoms with van der Waals surface area (Å²) in [4.78, 5) is 0. The first-order valence-corrected chi connectivity index (χ1v) is 8.21. The van der Waals surface area contributed by atoms with E-state index in [-0.39, 0.29) is 5.60 Å². The number of rotatable bonds is 4. The van der Waals surface area contributed by atoms with Crippen LogP contribution in [-0.2, 0) is 4.74 Å². The predicted octanol–water partition coefficient (Wildman–Crippen LogP) is 2.93. The van der Waals surface area contributed by atoms with Crippen LogP contribution >= 0.6 is 11.7 Å². The van der Waals surface area contributed by atoms with Crippen molar-refractivity contribution < 1.29 is 4.74 Å². The molecule has 19 heavy (non-hydrogen) atoms. The third-order valence-corrected chi connectivity index (χ3v) is 5.13. The van der Waals surface area contributed by atoms with E-state index in [1.54, 1.807) is 0 Å². The summed E-state index contributed by atoms with van der Waals surface area (Å²) in [5, 5.41) is 3.61. The maximum absolute atomic E-state index is 6.14. The normalized spacial score (nSPS) is 27.7. The smallest absolute Gasteiger partial charge is 0.0915 e. The van der Waals surface area contributed by atoms with Crippen LogP contribution in [0, 0.1) is 5.92 Å². The monoisotopic (exact) mass is 281 g/mol. The van der Waals surface area contributed by atoms with Crippen LogP contribution in [0.1, 0.15) is 57.2 Å². The van der Waals surface area contributed by atoms with Crippen LogP contribution in [0.25, 0.3) is 0 Å². The van der Waals surface area contributed by atoms with Crippen LogP contribution in [0.4, 0.5) is 0 Å². The van der Waals surface area contributed by atoms with Crippen molar-refractivity contribution in [1.29, 1.82) is 0 Å². The Balaban J connectivity index is 1.74. The van der Waals surface area contributed by atoms with Gasteiger partial charge in [0, 0.05) is 6.61 Å². The third-order valence-electron chi connectivity index (χ3n) is 4.64. The summed E-state index contributed by atoms with van der Waals surface area (Å²) < 4.78 is 14.8. The minimum absolute atomic E-state index is 0.181. The molecule has 106 valence electrons. The maximum atomic E-state index is 6.14. The first-order chi connectivity index (χ1) is 9.33. The number of ether oxygens (including phenoxy) is 1. The molecule has 2 fully saturated rings. The standard InChI is InChI=1S/C14H23N3OS/c1-2-15-13(12-10-16-19-17-12)11-5-8-18-14(9-11)6-3-4-7-14/h10-11,13,15H,2-9H2,1H3. The van der Waals surface area contributed by atoms with Crippen molar-refractivity contribution in [2.45, 2.75) is 57.1 Å². The second kappa shape index (κ2) is 5.85. The maximum Gasteiger partial charge on any atom is 0.0915 e. The summed E-state index contributed by atoms with van der Waals surface area (Å²) in [6.45, 7) is 4.05. The van der Waals surface area contributed by atoms with E-state index in [4.69, 9.17) is 4.74 Å². The van der Waals surface area contributed by atoms with Gasteiger partial charge in [-0.05, 0) is 38.1 Å². The predicted molar refractivity (Wildman–Crippen MR) is 76.2 cm³/mol. The van der Waals surface area contributed by atoms with E-state index >= 15 is 0 Å². The largest absolute Gasteiger partial charge is 0.375 e. The third kappa shape index (κ3) is 2.83. The molecular formula is C14H23N3OS. The Bertz CT molecular complexity index is 389. The quantitative estimate of drug-likeness (QED) is 0.922. The van der Waals surface area contributed by atoms with E-state index in [2.05, 4.69) is 21.0 Å². The molecule has 1 aromatic rings. The Labute approximate surface area is 119 Å². The molecule has 0 bridgehead atoms. The van der Waals surface area contributed by atoms with Gasteiger partial charge in [0.1, 0.15) is 0 Å². The fraction of sp³-hybridized carbons (Fsp3) is 0.857. The Morgan fingerprint density at radius 3 is 3.05 bits per heavy atom. The lowest BCUT2D eigenvalue weighted by Crippen LogP contribution is -2.42. The van der Waals surface area contributed by atoms with Crippen LogP contribution in [0.2, 0.25) is 0 Å². The van der Waals surface area contributed by atoms with Gasteiger partial charge in [-0.25, -0.2) is 0 Å². The van der Waals surface area contributed by atoms with Crippen LogP contribution in [0.15, 0.2) is 6.20 Å². The van der Waals surface area contributed by atoms with Gasteiger partial charge in [-0.2, -0.15) is 8.75 Å². The van der Waals surface area contributed by atoms with Gasteiger partial charge < -0.3 is 10.1 Å². The molecule has 1 saturated carbocycles. The first kappa shape index (κ1) is 13.5. The highest BCUT2D eigenvalue weighted by Crippen LogP contribution is 2.45. The molecular weight excluding hydrogens is 258 g/mol. The molecule has 1 aliphatic carbocycles. The number of hydrogen-bond donors (Lipinski definition) is 1. The molecule has 2 aliphatic rings. The number of hydrogen-bond acceptors (Lipinski definition) is 5. The summed E-state index contributed by atoms with van der Waals surface area (Å²) in [6.07, 6.45) is 9.40. The SMILES string of the molecule is CCNC(c1cnsn1)C1CCOC2(CCCC2)C1. The summed E-state index contributed by atoms with van der Waals surface area (Å²) >= 11 is 1.31. The van der Waals surface area contributed by atoms with Crippen LogP contribution in [-0.4, -0.2) is 27.5 Å². The highest BCUT2D eigenvalue weighted by atomic mass is 32.1. The zero-order chi connectivity index (χ0) is 13.1. The fourth-order valence-corrected chi connectivity index (χ4v) is 4.22. The van der Waals surface area contributed by atoms with E-state index in [0.717, 1.165) is 25.3 Å². The Morgan fingerprint density at radius 1 is 1.53 bits per heavy atom. The lowest BCUT2D eigenvalue weighted by molar-refractivity contribution is -0.0983. The van der Waals surface area contributed by atoms with Gasteiger partial charge in [-0.15, -0.1) is 0 Å². The molecule has 1 saturated heterocycles. The molecule has 0 radical (unpaired) electrons. The van der Waals surface area contributed by atoms with Gasteiger partial charge in [0.2, 0.25) is 0 Å². The number of aromatic nitrogens is 2. The van der Waals surface area contributed by atoms with Gasteiger partial charge in [0.15, 0.2) is 0 Å². The molecule has 2 heterocycles. The van der Waals surface area contributed by atoms with Gasteiger partial charge in [-0.3, -0.25) is 0 Å². The van der Waals surface area contributed by atoms with E-state index in [9.17, 15) is 0 Å². The lowest BCUT2D eigenvalue weighted by atomic mass is 9.80. The summed E-state index contributed by atoms with van der Waals surface area (Å²) in [5.74, 6) is 0.635. The van der Waals surface area contributed by atoms with Crippen molar-refractivity contribution in [2.75, 3.05) is 13.2 Å². The number of nitrogens with one attached hydrogen (secondary N) is 1. The van der Waals surface area contributed by atoms with Crippen LogP contribution in [0.5, 0.6) is 0 Å². The molecule has 5 heteroatoms. The van der Waals surface area contributed by atoms with Crippen molar-refractivity contribution in [3.63, 3.8) is 0 Å². The van der Waals surface area contributed by atoms with Crippen molar-refractivity contribution >= 4 is 11.7 Å². The van der Waals surface area contributed by atoms with Crippen molar-refractivity contribution in [1.82, 2.24) is 14.1 Å². The zero-order valence-corrected chi connectivity index (χ0v) is 12.4. The van der Waals surface area contributed by atoms with Crippen molar-refractivity contribution in [3.8, 4) is 0 Å². The zero-order valence-electron chi connectivity index (χ0n) is 11.6. The molecule has 0 amide bonds. The topological polar surface area (TPSA) is 47.0 Å². The summed E-state index contributed by atoms with van der Waals surface area (Å²) in [5.41, 5.74) is 1.30. The van der Waals surface area contributed by atoms with E-state index in [1.807, 2.05) is 6.20 Å². The van der Waals surface area contributed by atoms with Gasteiger partial charge >= 0.3 is 0 Å². The summed E-state index contributed by atoms with van der Waals surface area (Å²) in [6, 6.07) is 0.352. The number of nitrogens with zero attached hydrogens (tertiary/aromatic N) is 2. The molecule has 1 N–H and O–H groups in total. The molecule has 1 spiro atoms. The van der Waals surface area contributed by atoms with E-state index in [0.29, 0.717) is 12.0 Å². The minimum Gasteiger partial charge on any atom is -0.375 e. The van der Waals surface area contributed by atoms with Gasteiger partial charge in [-0.1, -0.05) is 19.8 Å². The Morgan fingerprint density at radius 2 is 2.37 bits per heavy atom. The summed E-state index contributed by atoms with van der Waals surface area (Å²) in [7, 11) is 0. The Hall–Kier alpha value is -0.520. The van der Waals surface area contributed by atoms with Gasteiger partial charge in [0.05, 0.1) is 35.3 Å². The molecule has 2 unspecified atom stereocenters. The van der Waals surface area contributed by atoms with Gasteiger partial charge in [0.25, 0.3) is 0 Å². The van der Waals surface area contributed by atoms with Crippen LogP contribution < -0.4 is 5.32 Å². The molecule has 4 nitrogen and oxygen atoms in total. The second-order valence-corrected chi connectivity index (χ2v) is 6.42. The average Bonchev–Trinajstić information content (AvgIpc) is 3.08. The molecule has 2 atom stereocenters. The van der Waals surface area contributed by atoms with E-state index < -0.39 is 0 Å². The molecule has 1 aromatic heterocycles. The fourth-order valence-electron chi connectivity index (χ4n) is 3.76. The molecule has 0 aromatic carbocycles. The lowest BCUT2D eigenvalue weighted by Gasteiger charge is -2.41. The second-order valence-electron chi connectivity index (χ2n) is 5.86. The van der Waals surface area contributed by atoms with Crippen molar-refractivity contribution in [3.05, 3.63) is 11.9 Å². The first-order valence-electron chi connectivity index (χ1n) is 7.48.